The average molecular weight is 865 g/mol. The molecule has 3 amide bonds. The van der Waals surface area contributed by atoms with Gasteiger partial charge >= 0.3 is 11.9 Å². The monoisotopic (exact) mass is 864 g/mol. The van der Waals surface area contributed by atoms with Crippen LogP contribution >= 0.6 is 11.3 Å². The minimum absolute atomic E-state index is 0.0546. The van der Waals surface area contributed by atoms with E-state index in [4.69, 9.17) is 9.47 Å². The fraction of sp³-hybridized carbons (Fsp3) is 0.460. The highest BCUT2D eigenvalue weighted by molar-refractivity contribution is 7.17. The summed E-state index contributed by atoms with van der Waals surface area (Å²) in [5, 5.41) is 6.79. The molecule has 3 aromatic carbocycles. The van der Waals surface area contributed by atoms with E-state index in [1.165, 1.54) is 18.4 Å². The smallest absolute Gasteiger partial charge is 0.337 e. The van der Waals surface area contributed by atoms with Crippen molar-refractivity contribution < 1.29 is 33.4 Å². The number of hydrogen-bond acceptors (Lipinski definition) is 9. The fourth-order valence-corrected chi connectivity index (χ4v) is 9.39. The van der Waals surface area contributed by atoms with Crippen LogP contribution < -0.4 is 10.6 Å². The van der Waals surface area contributed by atoms with Crippen molar-refractivity contribution in [1.29, 1.82) is 0 Å². The minimum Gasteiger partial charge on any atom is -0.466 e. The van der Waals surface area contributed by atoms with E-state index in [9.17, 15) is 24.0 Å². The van der Waals surface area contributed by atoms with E-state index in [0.717, 1.165) is 78.5 Å². The van der Waals surface area contributed by atoms with Gasteiger partial charge in [0.1, 0.15) is 5.00 Å². The minimum atomic E-state index is -0.435. The van der Waals surface area contributed by atoms with E-state index in [1.807, 2.05) is 80.3 Å². The molecule has 4 aromatic rings. The standard InChI is InChI=1S/C50H64N4O7S/c1-8-40(9-2)53(30-31-54(50(4,5)6)43(55)28-29-44(56)61-10-3)33-36-14-13-15-38(32-36)46(57)52-48-45(41-16-11-12-17-42(41)62-48)47(58)51-39-26-22-35(23-27-39)19-18-34-20-24-37(25-21-34)49(59)60-7/h13-15,20-27,32,40H,8-12,16-19,28-31,33H2,1-7H3,(H,51,58)(H,52,57). The number of fused-ring (bicyclic) bond motifs is 1. The third-order valence-corrected chi connectivity index (χ3v) is 12.7. The molecule has 2 N–H and O–H groups in total. The van der Waals surface area contributed by atoms with E-state index in [-0.39, 0.29) is 55.2 Å². The number of anilines is 2. The number of rotatable bonds is 20. The van der Waals surface area contributed by atoms with Crippen LogP contribution in [0.5, 0.6) is 0 Å². The van der Waals surface area contributed by atoms with Gasteiger partial charge in [0.05, 0.1) is 31.3 Å². The van der Waals surface area contributed by atoms with E-state index in [1.54, 1.807) is 25.1 Å². The largest absolute Gasteiger partial charge is 0.466 e. The molecule has 0 saturated carbocycles. The second-order valence-corrected chi connectivity index (χ2v) is 18.0. The van der Waals surface area contributed by atoms with Gasteiger partial charge < -0.3 is 25.0 Å². The SMILES string of the molecule is CCOC(=O)CCC(=O)N(CCN(Cc1cccc(C(=O)Nc2sc3c(c2C(=O)Nc2ccc(CCc4ccc(C(=O)OC)cc4)cc2)CCCC3)c1)C(CC)CC)C(C)(C)C. The molecule has 11 nitrogen and oxygen atoms in total. The number of hydrogen-bond donors (Lipinski definition) is 2. The molecule has 0 spiro atoms. The van der Waals surface area contributed by atoms with Gasteiger partial charge in [0.2, 0.25) is 5.91 Å². The first kappa shape index (κ1) is 47.7. The normalized spacial score (nSPS) is 12.5. The molecule has 332 valence electrons. The summed E-state index contributed by atoms with van der Waals surface area (Å²) in [6.07, 6.45) is 7.30. The van der Waals surface area contributed by atoms with Gasteiger partial charge in [0, 0.05) is 53.8 Å². The van der Waals surface area contributed by atoms with Crippen molar-refractivity contribution in [3.05, 3.63) is 117 Å². The lowest BCUT2D eigenvalue weighted by Crippen LogP contribution is -2.50. The molecule has 62 heavy (non-hydrogen) atoms. The lowest BCUT2D eigenvalue weighted by Gasteiger charge is -2.39. The van der Waals surface area contributed by atoms with E-state index >= 15 is 0 Å². The van der Waals surface area contributed by atoms with Gasteiger partial charge in [-0.1, -0.05) is 50.2 Å². The number of carbonyl (C=O) groups is 5. The number of methoxy groups -OCH3 is 1. The molecule has 0 radical (unpaired) electrons. The van der Waals surface area contributed by atoms with Crippen LogP contribution in [0.15, 0.2) is 72.8 Å². The molecule has 0 aliphatic heterocycles. The predicted octanol–water partition coefficient (Wildman–Crippen LogP) is 9.66. The second kappa shape index (κ2) is 22.7. The lowest BCUT2D eigenvalue weighted by atomic mass is 9.95. The number of thiophene rings is 1. The molecule has 0 bridgehead atoms. The van der Waals surface area contributed by atoms with Crippen LogP contribution in [-0.4, -0.2) is 77.8 Å². The average Bonchev–Trinajstić information content (AvgIpc) is 3.63. The van der Waals surface area contributed by atoms with Crippen molar-refractivity contribution in [1.82, 2.24) is 9.80 Å². The summed E-state index contributed by atoms with van der Waals surface area (Å²) in [4.78, 5) is 70.6. The Balaban J connectivity index is 1.26. The van der Waals surface area contributed by atoms with Crippen LogP contribution in [0.4, 0.5) is 10.7 Å². The van der Waals surface area contributed by atoms with Crippen LogP contribution in [0.3, 0.4) is 0 Å². The quantitative estimate of drug-likeness (QED) is 0.0840. The summed E-state index contributed by atoms with van der Waals surface area (Å²) in [7, 11) is 1.37. The third-order valence-electron chi connectivity index (χ3n) is 11.5. The van der Waals surface area contributed by atoms with E-state index in [0.29, 0.717) is 47.0 Å². The number of nitrogens with zero attached hydrogens (tertiary/aromatic N) is 2. The molecule has 1 heterocycles. The van der Waals surface area contributed by atoms with Crippen LogP contribution in [0.2, 0.25) is 0 Å². The number of ether oxygens (including phenoxy) is 2. The molecule has 5 rings (SSSR count). The zero-order chi connectivity index (χ0) is 44.8. The van der Waals surface area contributed by atoms with E-state index in [2.05, 4.69) is 29.4 Å². The van der Waals surface area contributed by atoms with Crippen LogP contribution in [0, 0.1) is 0 Å². The molecule has 12 heteroatoms. The Bertz CT molecular complexity index is 2150. The maximum atomic E-state index is 14.0. The fourth-order valence-electron chi connectivity index (χ4n) is 8.11. The van der Waals surface area contributed by atoms with Crippen molar-refractivity contribution >= 4 is 51.7 Å². The number of benzene rings is 3. The first-order chi connectivity index (χ1) is 29.7. The number of nitrogens with one attached hydrogen (secondary N) is 2. The van der Waals surface area contributed by atoms with Gasteiger partial charge in [-0.3, -0.25) is 24.1 Å². The number of aryl methyl sites for hydroxylation is 3. The molecule has 1 aliphatic carbocycles. The Morgan fingerprint density at radius 3 is 2.05 bits per heavy atom. The van der Waals surface area contributed by atoms with Crippen molar-refractivity contribution in [3.8, 4) is 0 Å². The number of carbonyl (C=O) groups excluding carboxylic acids is 5. The molecule has 0 unspecified atom stereocenters. The first-order valence-electron chi connectivity index (χ1n) is 22.1. The van der Waals surface area contributed by atoms with Gasteiger partial charge in [0.15, 0.2) is 0 Å². The maximum Gasteiger partial charge on any atom is 0.337 e. The van der Waals surface area contributed by atoms with Gasteiger partial charge in [-0.15, -0.1) is 11.3 Å². The number of amides is 3. The lowest BCUT2D eigenvalue weighted by molar-refractivity contribution is -0.147. The highest BCUT2D eigenvalue weighted by atomic mass is 32.1. The van der Waals surface area contributed by atoms with Gasteiger partial charge in [0.25, 0.3) is 11.8 Å². The van der Waals surface area contributed by atoms with Gasteiger partial charge in [-0.05, 0) is 138 Å². The Labute approximate surface area is 371 Å². The summed E-state index contributed by atoms with van der Waals surface area (Å²) < 4.78 is 9.85. The summed E-state index contributed by atoms with van der Waals surface area (Å²) in [5.41, 5.74) is 6.03. The Morgan fingerprint density at radius 2 is 1.42 bits per heavy atom. The van der Waals surface area contributed by atoms with Crippen molar-refractivity contribution in [2.24, 2.45) is 0 Å². The summed E-state index contributed by atoms with van der Waals surface area (Å²) >= 11 is 1.50. The summed E-state index contributed by atoms with van der Waals surface area (Å²) in [5.74, 6) is -1.32. The molecule has 0 atom stereocenters. The Hall–Kier alpha value is -5.33. The molecule has 1 aliphatic rings. The maximum absolute atomic E-state index is 14.0. The van der Waals surface area contributed by atoms with Crippen molar-refractivity contribution in [2.75, 3.05) is 37.4 Å². The highest BCUT2D eigenvalue weighted by Crippen LogP contribution is 2.39. The zero-order valence-corrected chi connectivity index (χ0v) is 38.4. The number of esters is 2. The van der Waals surface area contributed by atoms with E-state index < -0.39 is 5.54 Å². The second-order valence-electron chi connectivity index (χ2n) is 16.9. The highest BCUT2D eigenvalue weighted by Gasteiger charge is 2.29. The molecule has 0 fully saturated rings. The summed E-state index contributed by atoms with van der Waals surface area (Å²) in [6, 6.07) is 23.2. The Kier molecular flexibility index (Phi) is 17.4. The predicted molar refractivity (Wildman–Crippen MR) is 247 cm³/mol. The zero-order valence-electron chi connectivity index (χ0n) is 37.6. The van der Waals surface area contributed by atoms with Crippen molar-refractivity contribution in [3.63, 3.8) is 0 Å². The van der Waals surface area contributed by atoms with Crippen molar-refractivity contribution in [2.45, 2.75) is 124 Å². The topological polar surface area (TPSA) is 134 Å². The van der Waals surface area contributed by atoms with Gasteiger partial charge in [-0.25, -0.2) is 4.79 Å². The van der Waals surface area contributed by atoms with Gasteiger partial charge in [-0.2, -0.15) is 0 Å². The van der Waals surface area contributed by atoms with Crippen LogP contribution in [-0.2, 0) is 51.3 Å². The summed E-state index contributed by atoms with van der Waals surface area (Å²) in [6.45, 7) is 14.1. The molecule has 0 saturated heterocycles. The first-order valence-corrected chi connectivity index (χ1v) is 22.9. The molecule has 1 aromatic heterocycles. The Morgan fingerprint density at radius 1 is 0.758 bits per heavy atom. The van der Waals surface area contributed by atoms with Crippen LogP contribution in [0.1, 0.15) is 138 Å². The van der Waals surface area contributed by atoms with Crippen LogP contribution in [0.25, 0.3) is 0 Å². The molecular weight excluding hydrogens is 801 g/mol. The third kappa shape index (κ3) is 13.1. The molecular formula is C50H64N4O7S.